The van der Waals surface area contributed by atoms with Gasteiger partial charge in [-0.15, -0.1) is 0 Å². The molecule has 0 unspecified atom stereocenters. The van der Waals surface area contributed by atoms with Crippen LogP contribution in [0.4, 0.5) is 5.82 Å². The molecule has 0 amide bonds. The summed E-state index contributed by atoms with van der Waals surface area (Å²) in [7, 11) is 0. The monoisotopic (exact) mass is 336 g/mol. The Kier molecular flexibility index (Phi) is 3.96. The molecule has 4 nitrogen and oxygen atoms in total. The van der Waals surface area contributed by atoms with Crippen LogP contribution < -0.4 is 4.90 Å². The van der Waals surface area contributed by atoms with Crippen molar-refractivity contribution in [2.45, 2.75) is 45.6 Å². The SMILES string of the molecule is CC(C)CN(c1nc(Br)cn2ccnc12)C1CCCC1. The van der Waals surface area contributed by atoms with Crippen molar-refractivity contribution in [2.75, 3.05) is 11.4 Å². The Labute approximate surface area is 128 Å². The summed E-state index contributed by atoms with van der Waals surface area (Å²) in [5, 5.41) is 0. The molecule has 5 heteroatoms. The molecule has 2 aromatic heterocycles. The molecular formula is C15H21BrN4. The zero-order valence-corrected chi connectivity index (χ0v) is 13.7. The molecule has 2 aromatic rings. The van der Waals surface area contributed by atoms with E-state index < -0.39 is 0 Å². The van der Waals surface area contributed by atoms with E-state index in [1.807, 2.05) is 18.6 Å². The highest BCUT2D eigenvalue weighted by molar-refractivity contribution is 9.10. The summed E-state index contributed by atoms with van der Waals surface area (Å²) >= 11 is 3.52. The first-order valence-corrected chi connectivity index (χ1v) is 8.20. The van der Waals surface area contributed by atoms with Crippen molar-refractivity contribution in [1.82, 2.24) is 14.4 Å². The Balaban J connectivity index is 2.05. The number of halogens is 1. The average Bonchev–Trinajstić information content (AvgIpc) is 3.05. The maximum Gasteiger partial charge on any atom is 0.180 e. The van der Waals surface area contributed by atoms with Gasteiger partial charge in [-0.05, 0) is 34.7 Å². The first-order chi connectivity index (χ1) is 9.65. The van der Waals surface area contributed by atoms with Crippen LogP contribution in [-0.2, 0) is 0 Å². The van der Waals surface area contributed by atoms with Crippen LogP contribution in [0.5, 0.6) is 0 Å². The van der Waals surface area contributed by atoms with Crippen molar-refractivity contribution in [1.29, 1.82) is 0 Å². The van der Waals surface area contributed by atoms with E-state index in [9.17, 15) is 0 Å². The van der Waals surface area contributed by atoms with E-state index in [1.54, 1.807) is 0 Å². The standard InChI is InChI=1S/C15H21BrN4/c1-11(2)9-20(12-5-3-4-6-12)15-14-17-7-8-19(14)10-13(16)18-15/h7-8,10-12H,3-6,9H2,1-2H3. The molecule has 0 aromatic carbocycles. The molecule has 1 aliphatic carbocycles. The fourth-order valence-corrected chi connectivity index (χ4v) is 3.48. The number of aromatic nitrogens is 3. The third-order valence-electron chi connectivity index (χ3n) is 3.93. The molecule has 108 valence electrons. The third kappa shape index (κ3) is 2.68. The molecule has 0 saturated heterocycles. The van der Waals surface area contributed by atoms with Crippen LogP contribution >= 0.6 is 15.9 Å². The highest BCUT2D eigenvalue weighted by Crippen LogP contribution is 2.30. The molecule has 1 fully saturated rings. The molecule has 1 aliphatic rings. The van der Waals surface area contributed by atoms with E-state index in [0.717, 1.165) is 22.6 Å². The average molecular weight is 337 g/mol. The van der Waals surface area contributed by atoms with Gasteiger partial charge in [-0.1, -0.05) is 26.7 Å². The van der Waals surface area contributed by atoms with Crippen molar-refractivity contribution >= 4 is 27.4 Å². The van der Waals surface area contributed by atoms with E-state index in [0.29, 0.717) is 12.0 Å². The number of nitrogens with zero attached hydrogens (tertiary/aromatic N) is 4. The molecule has 0 atom stereocenters. The van der Waals surface area contributed by atoms with Crippen LogP contribution in [0.1, 0.15) is 39.5 Å². The summed E-state index contributed by atoms with van der Waals surface area (Å²) in [6.45, 7) is 5.57. The van der Waals surface area contributed by atoms with Crippen molar-refractivity contribution in [3.8, 4) is 0 Å². The summed E-state index contributed by atoms with van der Waals surface area (Å²) in [6.07, 6.45) is 11.0. The number of hydrogen-bond donors (Lipinski definition) is 0. The molecule has 0 bridgehead atoms. The second-order valence-corrected chi connectivity index (χ2v) is 6.84. The molecule has 0 N–H and O–H groups in total. The molecule has 0 spiro atoms. The largest absolute Gasteiger partial charge is 0.350 e. The minimum absolute atomic E-state index is 0.611. The van der Waals surface area contributed by atoms with Crippen LogP contribution in [0.15, 0.2) is 23.2 Å². The van der Waals surface area contributed by atoms with Crippen LogP contribution in [-0.4, -0.2) is 27.0 Å². The predicted octanol–water partition coefficient (Wildman–Crippen LogP) is 3.90. The van der Waals surface area contributed by atoms with E-state index in [4.69, 9.17) is 4.98 Å². The maximum atomic E-state index is 4.73. The van der Waals surface area contributed by atoms with Gasteiger partial charge in [0, 0.05) is 31.2 Å². The minimum Gasteiger partial charge on any atom is -0.350 e. The van der Waals surface area contributed by atoms with Gasteiger partial charge in [0.15, 0.2) is 11.5 Å². The van der Waals surface area contributed by atoms with E-state index >= 15 is 0 Å². The summed E-state index contributed by atoms with van der Waals surface area (Å²) in [5.74, 6) is 1.64. The summed E-state index contributed by atoms with van der Waals surface area (Å²) in [4.78, 5) is 11.7. The summed E-state index contributed by atoms with van der Waals surface area (Å²) in [6, 6.07) is 0.611. The van der Waals surface area contributed by atoms with Gasteiger partial charge < -0.3 is 9.30 Å². The van der Waals surface area contributed by atoms with E-state index in [2.05, 4.69) is 44.1 Å². The van der Waals surface area contributed by atoms with Crippen LogP contribution in [0.3, 0.4) is 0 Å². The number of rotatable bonds is 4. The van der Waals surface area contributed by atoms with Gasteiger partial charge >= 0.3 is 0 Å². The van der Waals surface area contributed by atoms with E-state index in [-0.39, 0.29) is 0 Å². The lowest BCUT2D eigenvalue weighted by molar-refractivity contribution is 0.531. The van der Waals surface area contributed by atoms with Gasteiger partial charge in [-0.25, -0.2) is 9.97 Å². The Morgan fingerprint density at radius 1 is 1.40 bits per heavy atom. The Bertz CT molecular complexity index is 587. The Morgan fingerprint density at radius 3 is 2.85 bits per heavy atom. The molecule has 0 aliphatic heterocycles. The molecule has 1 saturated carbocycles. The molecule has 0 radical (unpaired) electrons. The fourth-order valence-electron chi connectivity index (χ4n) is 3.10. The lowest BCUT2D eigenvalue weighted by Gasteiger charge is -2.31. The lowest BCUT2D eigenvalue weighted by atomic mass is 10.1. The van der Waals surface area contributed by atoms with Gasteiger partial charge in [-0.3, -0.25) is 0 Å². The van der Waals surface area contributed by atoms with Gasteiger partial charge in [0.1, 0.15) is 4.60 Å². The number of anilines is 1. The first-order valence-electron chi connectivity index (χ1n) is 7.41. The molecular weight excluding hydrogens is 316 g/mol. The molecule has 20 heavy (non-hydrogen) atoms. The predicted molar refractivity (Wildman–Crippen MR) is 85.1 cm³/mol. The normalized spacial score (nSPS) is 16.4. The fraction of sp³-hybridized carbons (Fsp3) is 0.600. The zero-order chi connectivity index (χ0) is 14.1. The molecule has 3 rings (SSSR count). The topological polar surface area (TPSA) is 33.4 Å². The smallest absolute Gasteiger partial charge is 0.180 e. The third-order valence-corrected chi connectivity index (χ3v) is 4.31. The minimum atomic E-state index is 0.611. The van der Waals surface area contributed by atoms with Gasteiger partial charge in [-0.2, -0.15) is 0 Å². The highest BCUT2D eigenvalue weighted by Gasteiger charge is 2.26. The molecule has 2 heterocycles. The Hall–Kier alpha value is -1.10. The number of hydrogen-bond acceptors (Lipinski definition) is 3. The summed E-state index contributed by atoms with van der Waals surface area (Å²) in [5.41, 5.74) is 0.959. The lowest BCUT2D eigenvalue weighted by Crippen LogP contribution is -2.37. The quantitative estimate of drug-likeness (QED) is 0.848. The summed E-state index contributed by atoms with van der Waals surface area (Å²) < 4.78 is 2.92. The van der Waals surface area contributed by atoms with Crippen molar-refractivity contribution in [3.63, 3.8) is 0 Å². The van der Waals surface area contributed by atoms with Crippen LogP contribution in [0.25, 0.3) is 5.65 Å². The second kappa shape index (κ2) is 5.72. The zero-order valence-electron chi connectivity index (χ0n) is 12.1. The van der Waals surface area contributed by atoms with Crippen molar-refractivity contribution in [3.05, 3.63) is 23.2 Å². The van der Waals surface area contributed by atoms with Crippen molar-refractivity contribution in [2.24, 2.45) is 5.92 Å². The van der Waals surface area contributed by atoms with Crippen LogP contribution in [0, 0.1) is 5.92 Å². The van der Waals surface area contributed by atoms with Gasteiger partial charge in [0.05, 0.1) is 0 Å². The second-order valence-electron chi connectivity index (χ2n) is 6.03. The number of imidazole rings is 1. The van der Waals surface area contributed by atoms with Crippen LogP contribution in [0.2, 0.25) is 0 Å². The van der Waals surface area contributed by atoms with E-state index in [1.165, 1.54) is 25.7 Å². The maximum absolute atomic E-state index is 4.73. The number of fused-ring (bicyclic) bond motifs is 1. The van der Waals surface area contributed by atoms with Gasteiger partial charge in [0.25, 0.3) is 0 Å². The van der Waals surface area contributed by atoms with Crippen molar-refractivity contribution < 1.29 is 0 Å². The van der Waals surface area contributed by atoms with Gasteiger partial charge in [0.2, 0.25) is 0 Å². The first kappa shape index (κ1) is 13.9. The Morgan fingerprint density at radius 2 is 2.15 bits per heavy atom. The highest BCUT2D eigenvalue weighted by atomic mass is 79.9.